The van der Waals surface area contributed by atoms with E-state index in [0.29, 0.717) is 34.3 Å². The van der Waals surface area contributed by atoms with E-state index in [1.165, 1.54) is 11.8 Å². The monoisotopic (exact) mass is 371 g/mol. The molecule has 0 aliphatic rings. The van der Waals surface area contributed by atoms with Crippen molar-refractivity contribution in [1.82, 2.24) is 25.3 Å². The van der Waals surface area contributed by atoms with E-state index >= 15 is 0 Å². The number of hydrogen-bond donors (Lipinski definition) is 0. The van der Waals surface area contributed by atoms with Crippen molar-refractivity contribution in [2.75, 3.05) is 0 Å². The Kier molecular flexibility index (Phi) is 4.33. The first-order chi connectivity index (χ1) is 12.2. The van der Waals surface area contributed by atoms with Crippen LogP contribution in [-0.4, -0.2) is 25.3 Å². The second kappa shape index (κ2) is 6.77. The van der Waals surface area contributed by atoms with Gasteiger partial charge < -0.3 is 8.94 Å². The molecular weight excluding hydrogens is 358 g/mol. The van der Waals surface area contributed by atoms with Crippen molar-refractivity contribution in [1.29, 1.82) is 0 Å². The summed E-state index contributed by atoms with van der Waals surface area (Å²) < 4.78 is 11.0. The van der Waals surface area contributed by atoms with Gasteiger partial charge in [-0.05, 0) is 25.5 Å². The molecule has 0 bridgehead atoms. The summed E-state index contributed by atoms with van der Waals surface area (Å²) in [5, 5.41) is 15.3. The SMILES string of the molecule is Cc1nc(-c2nnc(SCc3noc(-c4ccccc4C)n3)o2)cs1. The van der Waals surface area contributed by atoms with E-state index in [0.717, 1.165) is 16.1 Å². The molecule has 0 saturated carbocycles. The molecule has 126 valence electrons. The first-order valence-electron chi connectivity index (χ1n) is 7.46. The third-order valence-electron chi connectivity index (χ3n) is 3.41. The minimum Gasteiger partial charge on any atom is -0.410 e. The quantitative estimate of drug-likeness (QED) is 0.483. The van der Waals surface area contributed by atoms with Crippen LogP contribution in [0.5, 0.6) is 0 Å². The first kappa shape index (κ1) is 16.0. The van der Waals surface area contributed by atoms with Gasteiger partial charge in [-0.1, -0.05) is 35.1 Å². The standard InChI is InChI=1S/C16H13N5O2S2/c1-9-5-3-4-6-11(9)14-18-13(21-23-14)8-25-16-20-19-15(22-16)12-7-24-10(2)17-12/h3-7H,8H2,1-2H3. The number of thioether (sulfide) groups is 1. The second-order valence-corrected chi connectivity index (χ2v) is 7.23. The van der Waals surface area contributed by atoms with Crippen LogP contribution in [-0.2, 0) is 5.75 Å². The normalized spacial score (nSPS) is 11.1. The molecule has 0 radical (unpaired) electrons. The molecule has 0 unspecified atom stereocenters. The van der Waals surface area contributed by atoms with Crippen LogP contribution in [0.2, 0.25) is 0 Å². The van der Waals surface area contributed by atoms with Crippen LogP contribution < -0.4 is 0 Å². The highest BCUT2D eigenvalue weighted by atomic mass is 32.2. The highest BCUT2D eigenvalue weighted by Crippen LogP contribution is 2.27. The number of thiazole rings is 1. The van der Waals surface area contributed by atoms with Crippen molar-refractivity contribution in [3.8, 4) is 23.0 Å². The van der Waals surface area contributed by atoms with E-state index in [-0.39, 0.29) is 0 Å². The summed E-state index contributed by atoms with van der Waals surface area (Å²) in [6, 6.07) is 7.89. The van der Waals surface area contributed by atoms with Gasteiger partial charge in [-0.2, -0.15) is 4.98 Å². The molecule has 0 atom stereocenters. The Morgan fingerprint density at radius 3 is 2.76 bits per heavy atom. The molecular formula is C16H13N5O2S2. The number of nitrogens with zero attached hydrogens (tertiary/aromatic N) is 5. The van der Waals surface area contributed by atoms with Crippen LogP contribution in [0.15, 0.2) is 43.8 Å². The van der Waals surface area contributed by atoms with E-state index in [4.69, 9.17) is 8.94 Å². The van der Waals surface area contributed by atoms with Crippen LogP contribution in [0.1, 0.15) is 16.4 Å². The lowest BCUT2D eigenvalue weighted by Crippen LogP contribution is -1.85. The molecule has 0 saturated heterocycles. The smallest absolute Gasteiger partial charge is 0.277 e. The van der Waals surface area contributed by atoms with Gasteiger partial charge in [0.1, 0.15) is 5.69 Å². The largest absolute Gasteiger partial charge is 0.410 e. The van der Waals surface area contributed by atoms with E-state index in [1.807, 2.05) is 43.5 Å². The van der Waals surface area contributed by atoms with Crippen molar-refractivity contribution in [2.24, 2.45) is 0 Å². The molecule has 4 rings (SSSR count). The Morgan fingerprint density at radius 1 is 1.08 bits per heavy atom. The van der Waals surface area contributed by atoms with Crippen LogP contribution in [0.25, 0.3) is 23.0 Å². The highest BCUT2D eigenvalue weighted by Gasteiger charge is 2.14. The molecule has 0 N–H and O–H groups in total. The van der Waals surface area contributed by atoms with Gasteiger partial charge in [0, 0.05) is 10.9 Å². The zero-order valence-electron chi connectivity index (χ0n) is 13.5. The second-order valence-electron chi connectivity index (χ2n) is 5.24. The molecule has 3 aromatic heterocycles. The Morgan fingerprint density at radius 2 is 1.96 bits per heavy atom. The molecule has 3 heterocycles. The van der Waals surface area contributed by atoms with Gasteiger partial charge in [-0.25, -0.2) is 4.98 Å². The molecule has 7 nitrogen and oxygen atoms in total. The molecule has 0 fully saturated rings. The van der Waals surface area contributed by atoms with E-state index in [2.05, 4.69) is 25.3 Å². The van der Waals surface area contributed by atoms with E-state index in [9.17, 15) is 0 Å². The summed E-state index contributed by atoms with van der Waals surface area (Å²) >= 11 is 2.90. The summed E-state index contributed by atoms with van der Waals surface area (Å²) in [7, 11) is 0. The van der Waals surface area contributed by atoms with Gasteiger partial charge in [0.05, 0.1) is 10.8 Å². The number of rotatable bonds is 5. The molecule has 0 amide bonds. The lowest BCUT2D eigenvalue weighted by atomic mass is 10.1. The lowest BCUT2D eigenvalue weighted by Gasteiger charge is -1.97. The zero-order chi connectivity index (χ0) is 17.2. The Balaban J connectivity index is 1.44. The van der Waals surface area contributed by atoms with Crippen molar-refractivity contribution >= 4 is 23.1 Å². The van der Waals surface area contributed by atoms with Gasteiger partial charge in [-0.15, -0.1) is 21.5 Å². The maximum absolute atomic E-state index is 5.61. The van der Waals surface area contributed by atoms with Crippen LogP contribution in [0, 0.1) is 13.8 Å². The third kappa shape index (κ3) is 3.47. The van der Waals surface area contributed by atoms with Gasteiger partial charge in [-0.3, -0.25) is 0 Å². The molecule has 0 spiro atoms. The van der Waals surface area contributed by atoms with Gasteiger partial charge in [0.25, 0.3) is 17.0 Å². The minimum absolute atomic E-state index is 0.417. The zero-order valence-corrected chi connectivity index (χ0v) is 15.1. The number of hydrogen-bond acceptors (Lipinski definition) is 9. The molecule has 0 aliphatic heterocycles. The number of aromatic nitrogens is 5. The summed E-state index contributed by atoms with van der Waals surface area (Å²) in [5.74, 6) is 1.98. The predicted molar refractivity (Wildman–Crippen MR) is 94.2 cm³/mol. The van der Waals surface area contributed by atoms with E-state index in [1.54, 1.807) is 11.3 Å². The third-order valence-corrected chi connectivity index (χ3v) is 5.00. The molecule has 4 aromatic rings. The average Bonchev–Trinajstić information content (AvgIpc) is 3.33. The van der Waals surface area contributed by atoms with Crippen molar-refractivity contribution < 1.29 is 8.94 Å². The topological polar surface area (TPSA) is 90.7 Å². The molecule has 1 aromatic carbocycles. The highest BCUT2D eigenvalue weighted by molar-refractivity contribution is 7.98. The Labute approximate surface area is 151 Å². The van der Waals surface area contributed by atoms with E-state index < -0.39 is 0 Å². The fourth-order valence-corrected chi connectivity index (χ4v) is 3.39. The fourth-order valence-electron chi connectivity index (χ4n) is 2.19. The van der Waals surface area contributed by atoms with Crippen LogP contribution in [0.4, 0.5) is 0 Å². The minimum atomic E-state index is 0.417. The fraction of sp³-hybridized carbons (Fsp3) is 0.188. The molecule has 0 aliphatic carbocycles. The maximum atomic E-state index is 5.61. The lowest BCUT2D eigenvalue weighted by molar-refractivity contribution is 0.424. The predicted octanol–water partition coefficient (Wildman–Crippen LogP) is 4.15. The summed E-state index contributed by atoms with van der Waals surface area (Å²) in [6.45, 7) is 3.94. The Hall–Kier alpha value is -2.52. The maximum Gasteiger partial charge on any atom is 0.277 e. The van der Waals surface area contributed by atoms with Crippen molar-refractivity contribution in [2.45, 2.75) is 24.8 Å². The number of aryl methyl sites for hydroxylation is 2. The summed E-state index contributed by atoms with van der Waals surface area (Å²) in [4.78, 5) is 8.76. The van der Waals surface area contributed by atoms with Gasteiger partial charge in [0.15, 0.2) is 5.82 Å². The van der Waals surface area contributed by atoms with Crippen LogP contribution >= 0.6 is 23.1 Å². The average molecular weight is 371 g/mol. The number of benzene rings is 1. The molecule has 9 heteroatoms. The summed E-state index contributed by atoms with van der Waals surface area (Å²) in [5.41, 5.74) is 2.72. The summed E-state index contributed by atoms with van der Waals surface area (Å²) in [6.07, 6.45) is 0. The molecule has 25 heavy (non-hydrogen) atoms. The Bertz CT molecular complexity index is 1010. The van der Waals surface area contributed by atoms with Crippen LogP contribution in [0.3, 0.4) is 0 Å². The van der Waals surface area contributed by atoms with Crippen molar-refractivity contribution in [3.63, 3.8) is 0 Å². The van der Waals surface area contributed by atoms with Gasteiger partial charge in [0.2, 0.25) is 0 Å². The first-order valence-corrected chi connectivity index (χ1v) is 9.33. The van der Waals surface area contributed by atoms with Gasteiger partial charge >= 0.3 is 0 Å². The van der Waals surface area contributed by atoms with Crippen molar-refractivity contribution in [3.05, 3.63) is 46.0 Å².